The summed E-state index contributed by atoms with van der Waals surface area (Å²) < 4.78 is 68.3. The predicted octanol–water partition coefficient (Wildman–Crippen LogP) is 3.08. The van der Waals surface area contributed by atoms with Gasteiger partial charge in [0, 0.05) is 39.3 Å². The number of piperazine rings is 1. The van der Waals surface area contributed by atoms with Gasteiger partial charge in [-0.1, -0.05) is 30.3 Å². The molecule has 0 bridgehead atoms. The van der Waals surface area contributed by atoms with E-state index in [0.29, 0.717) is 52.1 Å². The molecule has 184 valence electrons. The highest BCUT2D eigenvalue weighted by atomic mass is 32.2. The number of hydrogen-bond donors (Lipinski definition) is 0. The van der Waals surface area contributed by atoms with E-state index in [-0.39, 0.29) is 16.6 Å². The Morgan fingerprint density at radius 3 is 2.21 bits per heavy atom. The number of carbonyl (C=O) groups excluding carboxylic acids is 1. The molecule has 0 saturated carbocycles. The fraction of sp³-hybridized carbons (Fsp3) is 0.435. The number of ether oxygens (including phenoxy) is 1. The van der Waals surface area contributed by atoms with Gasteiger partial charge in [-0.2, -0.15) is 4.31 Å². The largest absolute Gasteiger partial charge is 0.573 e. The van der Waals surface area contributed by atoms with Crippen LogP contribution in [0.2, 0.25) is 0 Å². The number of hydrogen-bond acceptors (Lipinski definition) is 5. The highest BCUT2D eigenvalue weighted by molar-refractivity contribution is 7.89. The summed E-state index contributed by atoms with van der Waals surface area (Å²) in [6, 6.07) is 13.2. The maximum absolute atomic E-state index is 13.2. The summed E-state index contributed by atoms with van der Waals surface area (Å²) in [4.78, 5) is 17.2. The first-order valence-electron chi connectivity index (χ1n) is 11.1. The Morgan fingerprint density at radius 2 is 1.59 bits per heavy atom. The minimum Gasteiger partial charge on any atom is -0.406 e. The SMILES string of the molecule is O=C(C1CCCN1S(=O)(=O)c1ccccc1)N1CCN(Cc2ccc(OC(F)(F)F)cc2)CC1. The lowest BCUT2D eigenvalue weighted by atomic mass is 10.1. The standard InChI is InChI=1S/C23H26F3N3O4S/c24-23(25,26)33-19-10-8-18(9-11-19)17-27-13-15-28(16-14-27)22(30)21-7-4-12-29(21)34(31,32)20-5-2-1-3-6-20/h1-3,5-6,8-11,21H,4,7,12-17H2. The molecule has 1 atom stereocenters. The molecule has 2 heterocycles. The first-order chi connectivity index (χ1) is 16.1. The maximum Gasteiger partial charge on any atom is 0.573 e. The lowest BCUT2D eigenvalue weighted by molar-refractivity contribution is -0.274. The third-order valence-corrected chi connectivity index (χ3v) is 8.01. The van der Waals surface area contributed by atoms with Crippen LogP contribution >= 0.6 is 0 Å². The Labute approximate surface area is 196 Å². The van der Waals surface area contributed by atoms with E-state index in [1.165, 1.54) is 28.6 Å². The van der Waals surface area contributed by atoms with Gasteiger partial charge in [0.2, 0.25) is 15.9 Å². The normalized spacial score (nSPS) is 20.4. The number of nitrogens with zero attached hydrogens (tertiary/aromatic N) is 3. The molecule has 2 saturated heterocycles. The third-order valence-electron chi connectivity index (χ3n) is 6.09. The minimum atomic E-state index is -4.72. The molecule has 0 aromatic heterocycles. The van der Waals surface area contributed by atoms with Crippen molar-refractivity contribution in [1.29, 1.82) is 0 Å². The molecule has 2 aromatic rings. The van der Waals surface area contributed by atoms with Crippen molar-refractivity contribution >= 4 is 15.9 Å². The van der Waals surface area contributed by atoms with Crippen molar-refractivity contribution < 1.29 is 31.1 Å². The number of carbonyl (C=O) groups is 1. The summed E-state index contributed by atoms with van der Waals surface area (Å²) in [7, 11) is -3.74. The fourth-order valence-corrected chi connectivity index (χ4v) is 6.07. The van der Waals surface area contributed by atoms with Crippen LogP contribution in [0.5, 0.6) is 5.75 Å². The van der Waals surface area contributed by atoms with Gasteiger partial charge in [0.25, 0.3) is 0 Å². The van der Waals surface area contributed by atoms with Gasteiger partial charge in [0.15, 0.2) is 0 Å². The third kappa shape index (κ3) is 5.70. The summed E-state index contributed by atoms with van der Waals surface area (Å²) in [6.07, 6.45) is -3.59. The van der Waals surface area contributed by atoms with Crippen LogP contribution in [0.25, 0.3) is 0 Å². The molecule has 2 aliphatic heterocycles. The molecule has 2 aromatic carbocycles. The second kappa shape index (κ2) is 9.93. The number of amides is 1. The van der Waals surface area contributed by atoms with Crippen molar-refractivity contribution in [3.8, 4) is 5.75 Å². The molecule has 0 N–H and O–H groups in total. The van der Waals surface area contributed by atoms with Gasteiger partial charge in [-0.05, 0) is 42.7 Å². The molecule has 1 unspecified atom stereocenters. The quantitative estimate of drug-likeness (QED) is 0.614. The topological polar surface area (TPSA) is 70.2 Å². The molecule has 34 heavy (non-hydrogen) atoms. The number of rotatable bonds is 6. The lowest BCUT2D eigenvalue weighted by Gasteiger charge is -2.37. The van der Waals surface area contributed by atoms with E-state index in [0.717, 1.165) is 5.56 Å². The summed E-state index contributed by atoms with van der Waals surface area (Å²) >= 11 is 0. The predicted molar refractivity (Wildman–Crippen MR) is 118 cm³/mol. The van der Waals surface area contributed by atoms with Gasteiger partial charge in [0.05, 0.1) is 4.90 Å². The van der Waals surface area contributed by atoms with Crippen LogP contribution in [0.3, 0.4) is 0 Å². The Bertz CT molecular complexity index is 1090. The summed E-state index contributed by atoms with van der Waals surface area (Å²) in [6.45, 7) is 2.96. The van der Waals surface area contributed by atoms with Crippen LogP contribution in [-0.2, 0) is 21.4 Å². The van der Waals surface area contributed by atoms with Gasteiger partial charge in [0.1, 0.15) is 11.8 Å². The van der Waals surface area contributed by atoms with Crippen LogP contribution in [-0.4, -0.2) is 73.6 Å². The molecule has 11 heteroatoms. The number of halogens is 3. The summed E-state index contributed by atoms with van der Waals surface area (Å²) in [5.74, 6) is -0.441. The average molecular weight is 498 g/mol. The van der Waals surface area contributed by atoms with Crippen molar-refractivity contribution in [2.24, 2.45) is 0 Å². The molecule has 2 fully saturated rings. The lowest BCUT2D eigenvalue weighted by Crippen LogP contribution is -2.54. The van der Waals surface area contributed by atoms with E-state index >= 15 is 0 Å². The zero-order valence-corrected chi connectivity index (χ0v) is 19.3. The highest BCUT2D eigenvalue weighted by Crippen LogP contribution is 2.28. The first-order valence-corrected chi connectivity index (χ1v) is 12.5. The monoisotopic (exact) mass is 497 g/mol. The van der Waals surface area contributed by atoms with Crippen molar-refractivity contribution in [2.75, 3.05) is 32.7 Å². The van der Waals surface area contributed by atoms with E-state index < -0.39 is 22.4 Å². The van der Waals surface area contributed by atoms with Crippen LogP contribution in [0.1, 0.15) is 18.4 Å². The van der Waals surface area contributed by atoms with E-state index in [4.69, 9.17) is 0 Å². The molecule has 2 aliphatic rings. The zero-order chi connectivity index (χ0) is 24.3. The van der Waals surface area contributed by atoms with Crippen molar-refractivity contribution in [2.45, 2.75) is 36.7 Å². The molecule has 0 spiro atoms. The highest BCUT2D eigenvalue weighted by Gasteiger charge is 2.41. The molecule has 7 nitrogen and oxygen atoms in total. The zero-order valence-electron chi connectivity index (χ0n) is 18.4. The minimum absolute atomic E-state index is 0.176. The Hall–Kier alpha value is -2.63. The Balaban J connectivity index is 1.33. The first kappa shape index (κ1) is 24.5. The Morgan fingerprint density at radius 1 is 0.941 bits per heavy atom. The van der Waals surface area contributed by atoms with Crippen molar-refractivity contribution in [1.82, 2.24) is 14.1 Å². The second-order valence-electron chi connectivity index (χ2n) is 8.38. The van der Waals surface area contributed by atoms with E-state index in [9.17, 15) is 26.4 Å². The van der Waals surface area contributed by atoms with Gasteiger partial charge in [-0.15, -0.1) is 13.2 Å². The van der Waals surface area contributed by atoms with Crippen LogP contribution < -0.4 is 4.74 Å². The van der Waals surface area contributed by atoms with Gasteiger partial charge < -0.3 is 9.64 Å². The van der Waals surface area contributed by atoms with Gasteiger partial charge in [-0.3, -0.25) is 9.69 Å². The number of benzene rings is 2. The van der Waals surface area contributed by atoms with E-state index in [2.05, 4.69) is 9.64 Å². The van der Waals surface area contributed by atoms with Crippen LogP contribution in [0, 0.1) is 0 Å². The van der Waals surface area contributed by atoms with Gasteiger partial charge in [-0.25, -0.2) is 8.42 Å². The molecule has 1 amide bonds. The maximum atomic E-state index is 13.2. The van der Waals surface area contributed by atoms with Crippen LogP contribution in [0.15, 0.2) is 59.5 Å². The number of alkyl halides is 3. The van der Waals surface area contributed by atoms with E-state index in [1.807, 2.05) is 0 Å². The van der Waals surface area contributed by atoms with Gasteiger partial charge >= 0.3 is 6.36 Å². The molecular weight excluding hydrogens is 471 g/mol. The molecule has 0 aliphatic carbocycles. The number of sulfonamides is 1. The van der Waals surface area contributed by atoms with E-state index in [1.54, 1.807) is 35.2 Å². The van der Waals surface area contributed by atoms with Crippen LogP contribution in [0.4, 0.5) is 13.2 Å². The fourth-order valence-electron chi connectivity index (χ4n) is 4.39. The molecule has 4 rings (SSSR count). The smallest absolute Gasteiger partial charge is 0.406 e. The van der Waals surface area contributed by atoms with Crippen molar-refractivity contribution in [3.63, 3.8) is 0 Å². The second-order valence-corrected chi connectivity index (χ2v) is 10.3. The summed E-state index contributed by atoms with van der Waals surface area (Å²) in [5, 5.41) is 0. The Kier molecular flexibility index (Phi) is 7.15. The van der Waals surface area contributed by atoms with Crippen molar-refractivity contribution in [3.05, 3.63) is 60.2 Å². The molecule has 0 radical (unpaired) electrons. The summed E-state index contributed by atoms with van der Waals surface area (Å²) in [5.41, 5.74) is 0.838. The molecular formula is C23H26F3N3O4S. The average Bonchev–Trinajstić information content (AvgIpc) is 3.31.